The SMILES string of the molecule is COc1ccc(S(=O)(=O)Nc2ccc(C(=O)N3CCN(C)CC3)cc2)cc1. The van der Waals surface area contributed by atoms with Gasteiger partial charge in [0.15, 0.2) is 0 Å². The predicted octanol–water partition coefficient (Wildman–Crippen LogP) is 1.88. The molecule has 1 heterocycles. The molecule has 0 spiro atoms. The molecule has 0 atom stereocenters. The lowest BCUT2D eigenvalue weighted by molar-refractivity contribution is 0.0664. The fourth-order valence-corrected chi connectivity index (χ4v) is 3.90. The first kappa shape index (κ1) is 19.2. The van der Waals surface area contributed by atoms with Crippen molar-refractivity contribution in [2.45, 2.75) is 4.90 Å². The summed E-state index contributed by atoms with van der Waals surface area (Å²) in [7, 11) is -0.151. The summed E-state index contributed by atoms with van der Waals surface area (Å²) in [5.74, 6) is 0.549. The minimum atomic E-state index is -3.70. The van der Waals surface area contributed by atoms with Crippen LogP contribution < -0.4 is 9.46 Å². The van der Waals surface area contributed by atoms with E-state index >= 15 is 0 Å². The molecule has 8 heteroatoms. The van der Waals surface area contributed by atoms with Crippen LogP contribution in [0.5, 0.6) is 5.75 Å². The van der Waals surface area contributed by atoms with Crippen LogP contribution in [0.3, 0.4) is 0 Å². The zero-order valence-electron chi connectivity index (χ0n) is 15.4. The first-order valence-electron chi connectivity index (χ1n) is 8.64. The van der Waals surface area contributed by atoms with Crippen LogP contribution in [0.1, 0.15) is 10.4 Å². The van der Waals surface area contributed by atoms with E-state index < -0.39 is 10.0 Å². The van der Waals surface area contributed by atoms with Gasteiger partial charge in [0.25, 0.3) is 15.9 Å². The molecule has 0 unspecified atom stereocenters. The lowest BCUT2D eigenvalue weighted by atomic mass is 10.1. The molecule has 3 rings (SSSR count). The van der Waals surface area contributed by atoms with Crippen molar-refractivity contribution in [3.63, 3.8) is 0 Å². The predicted molar refractivity (Wildman–Crippen MR) is 104 cm³/mol. The maximum absolute atomic E-state index is 12.5. The van der Waals surface area contributed by atoms with Gasteiger partial charge in [0.2, 0.25) is 0 Å². The summed E-state index contributed by atoms with van der Waals surface area (Å²) in [5, 5.41) is 0. The number of methoxy groups -OCH3 is 1. The molecular formula is C19H23N3O4S. The van der Waals surface area contributed by atoms with Gasteiger partial charge in [0.1, 0.15) is 5.75 Å². The maximum Gasteiger partial charge on any atom is 0.261 e. The van der Waals surface area contributed by atoms with Crippen LogP contribution in [-0.4, -0.2) is 64.5 Å². The number of amides is 1. The Hall–Kier alpha value is -2.58. The molecule has 0 aromatic heterocycles. The number of carbonyl (C=O) groups is 1. The lowest BCUT2D eigenvalue weighted by Gasteiger charge is -2.32. The molecule has 1 aliphatic heterocycles. The first-order valence-corrected chi connectivity index (χ1v) is 10.1. The van der Waals surface area contributed by atoms with Crippen molar-refractivity contribution in [2.24, 2.45) is 0 Å². The number of benzene rings is 2. The number of carbonyl (C=O) groups excluding carboxylic acids is 1. The zero-order valence-corrected chi connectivity index (χ0v) is 16.2. The Morgan fingerprint density at radius 3 is 2.11 bits per heavy atom. The Morgan fingerprint density at radius 1 is 0.963 bits per heavy atom. The fourth-order valence-electron chi connectivity index (χ4n) is 2.84. The van der Waals surface area contributed by atoms with Crippen molar-refractivity contribution in [1.82, 2.24) is 9.80 Å². The molecule has 1 N–H and O–H groups in total. The van der Waals surface area contributed by atoms with E-state index in [1.54, 1.807) is 36.4 Å². The second kappa shape index (κ2) is 7.98. The highest BCUT2D eigenvalue weighted by Crippen LogP contribution is 2.20. The van der Waals surface area contributed by atoms with Crippen molar-refractivity contribution >= 4 is 21.6 Å². The standard InChI is InChI=1S/C19H23N3O4S/c1-21-11-13-22(14-12-21)19(23)15-3-5-16(6-4-15)20-27(24,25)18-9-7-17(26-2)8-10-18/h3-10,20H,11-14H2,1-2H3. The molecular weight excluding hydrogens is 366 g/mol. The lowest BCUT2D eigenvalue weighted by Crippen LogP contribution is -2.47. The summed E-state index contributed by atoms with van der Waals surface area (Å²) in [6.07, 6.45) is 0. The summed E-state index contributed by atoms with van der Waals surface area (Å²) < 4.78 is 32.5. The minimum Gasteiger partial charge on any atom is -0.497 e. The molecule has 27 heavy (non-hydrogen) atoms. The van der Waals surface area contributed by atoms with Crippen molar-refractivity contribution in [3.05, 3.63) is 54.1 Å². The van der Waals surface area contributed by atoms with Crippen molar-refractivity contribution in [2.75, 3.05) is 45.1 Å². The van der Waals surface area contributed by atoms with Crippen LogP contribution in [-0.2, 0) is 10.0 Å². The maximum atomic E-state index is 12.5. The highest BCUT2D eigenvalue weighted by Gasteiger charge is 2.20. The van der Waals surface area contributed by atoms with Gasteiger partial charge >= 0.3 is 0 Å². The van der Waals surface area contributed by atoms with Crippen LogP contribution in [0.15, 0.2) is 53.4 Å². The topological polar surface area (TPSA) is 78.9 Å². The van der Waals surface area contributed by atoms with E-state index in [9.17, 15) is 13.2 Å². The number of likely N-dealkylation sites (N-methyl/N-ethyl adjacent to an activating group) is 1. The Balaban J connectivity index is 1.68. The van der Waals surface area contributed by atoms with Crippen LogP contribution in [0.25, 0.3) is 0 Å². The van der Waals surface area contributed by atoms with Crippen LogP contribution in [0.4, 0.5) is 5.69 Å². The smallest absolute Gasteiger partial charge is 0.261 e. The molecule has 1 fully saturated rings. The minimum absolute atomic E-state index is 0.0346. The largest absolute Gasteiger partial charge is 0.497 e. The normalized spacial score (nSPS) is 15.4. The number of hydrogen-bond acceptors (Lipinski definition) is 5. The van der Waals surface area contributed by atoms with Crippen LogP contribution in [0, 0.1) is 0 Å². The quantitative estimate of drug-likeness (QED) is 0.845. The average molecular weight is 389 g/mol. The summed E-state index contributed by atoms with van der Waals surface area (Å²) in [6, 6.07) is 12.6. The molecule has 1 amide bonds. The number of piperazine rings is 1. The third-order valence-corrected chi connectivity index (χ3v) is 5.94. The third-order valence-electron chi connectivity index (χ3n) is 4.54. The molecule has 0 bridgehead atoms. The van der Waals surface area contributed by atoms with E-state index in [1.165, 1.54) is 19.2 Å². The van der Waals surface area contributed by atoms with Gasteiger partial charge < -0.3 is 14.5 Å². The van der Waals surface area contributed by atoms with E-state index in [4.69, 9.17) is 4.74 Å². The Kier molecular flexibility index (Phi) is 5.67. The molecule has 144 valence electrons. The summed E-state index contributed by atoms with van der Waals surface area (Å²) in [5.41, 5.74) is 0.952. The molecule has 2 aromatic carbocycles. The van der Waals surface area contributed by atoms with Crippen molar-refractivity contribution in [3.8, 4) is 5.75 Å². The molecule has 7 nitrogen and oxygen atoms in total. The zero-order chi connectivity index (χ0) is 19.4. The van der Waals surface area contributed by atoms with Crippen molar-refractivity contribution < 1.29 is 17.9 Å². The number of ether oxygens (including phenoxy) is 1. The highest BCUT2D eigenvalue weighted by molar-refractivity contribution is 7.92. The Morgan fingerprint density at radius 2 is 1.56 bits per heavy atom. The van der Waals surface area contributed by atoms with Crippen LogP contribution >= 0.6 is 0 Å². The Bertz CT molecular complexity index is 888. The third kappa shape index (κ3) is 4.58. The molecule has 1 saturated heterocycles. The summed E-state index contributed by atoms with van der Waals surface area (Å²) >= 11 is 0. The Labute approximate surface area is 159 Å². The van der Waals surface area contributed by atoms with E-state index in [2.05, 4.69) is 9.62 Å². The average Bonchev–Trinajstić information content (AvgIpc) is 2.68. The van der Waals surface area contributed by atoms with Crippen molar-refractivity contribution in [1.29, 1.82) is 0 Å². The number of nitrogens with one attached hydrogen (secondary N) is 1. The second-order valence-corrected chi connectivity index (χ2v) is 8.14. The second-order valence-electron chi connectivity index (χ2n) is 6.45. The summed E-state index contributed by atoms with van der Waals surface area (Å²) in [6.45, 7) is 3.10. The van der Waals surface area contributed by atoms with Gasteiger partial charge in [-0.05, 0) is 55.6 Å². The number of rotatable bonds is 5. The van der Waals surface area contributed by atoms with Gasteiger partial charge in [-0.3, -0.25) is 9.52 Å². The number of nitrogens with zero attached hydrogens (tertiary/aromatic N) is 2. The van der Waals surface area contributed by atoms with Gasteiger partial charge in [0.05, 0.1) is 12.0 Å². The molecule has 0 saturated carbocycles. The molecule has 0 aliphatic carbocycles. The molecule has 2 aromatic rings. The van der Waals surface area contributed by atoms with E-state index in [-0.39, 0.29) is 10.8 Å². The number of hydrogen-bond donors (Lipinski definition) is 1. The van der Waals surface area contributed by atoms with Gasteiger partial charge in [-0.25, -0.2) is 8.42 Å². The molecule has 0 radical (unpaired) electrons. The van der Waals surface area contributed by atoms with E-state index in [0.29, 0.717) is 30.1 Å². The van der Waals surface area contributed by atoms with Gasteiger partial charge in [-0.1, -0.05) is 0 Å². The number of anilines is 1. The number of sulfonamides is 1. The summed E-state index contributed by atoms with van der Waals surface area (Å²) in [4.78, 5) is 16.7. The van der Waals surface area contributed by atoms with E-state index in [1.807, 2.05) is 11.9 Å². The van der Waals surface area contributed by atoms with E-state index in [0.717, 1.165) is 13.1 Å². The monoisotopic (exact) mass is 389 g/mol. The molecule has 1 aliphatic rings. The van der Waals surface area contributed by atoms with Crippen LogP contribution in [0.2, 0.25) is 0 Å². The highest BCUT2D eigenvalue weighted by atomic mass is 32.2. The fraction of sp³-hybridized carbons (Fsp3) is 0.316. The van der Waals surface area contributed by atoms with Gasteiger partial charge in [0, 0.05) is 37.4 Å². The van der Waals surface area contributed by atoms with Gasteiger partial charge in [-0.15, -0.1) is 0 Å². The first-order chi connectivity index (χ1) is 12.9. The van der Waals surface area contributed by atoms with Gasteiger partial charge in [-0.2, -0.15) is 0 Å².